The van der Waals surface area contributed by atoms with Crippen molar-refractivity contribution in [1.82, 2.24) is 19.8 Å². The third-order valence-corrected chi connectivity index (χ3v) is 7.23. The van der Waals surface area contributed by atoms with Gasteiger partial charge in [-0.25, -0.2) is 4.98 Å². The molecule has 0 unspecified atom stereocenters. The summed E-state index contributed by atoms with van der Waals surface area (Å²) in [7, 11) is 0. The normalized spacial score (nSPS) is 19.3. The number of aromatic amines is 1. The molecular formula is C20H28N4O2S. The maximum atomic E-state index is 12.5. The molecule has 0 spiro atoms. The van der Waals surface area contributed by atoms with Gasteiger partial charge in [-0.1, -0.05) is 12.8 Å². The smallest absolute Gasteiger partial charge is 0.259 e. The van der Waals surface area contributed by atoms with E-state index in [1.807, 2.05) is 18.7 Å². The van der Waals surface area contributed by atoms with E-state index in [-0.39, 0.29) is 5.56 Å². The summed E-state index contributed by atoms with van der Waals surface area (Å²) in [5.74, 6) is 1.65. The lowest BCUT2D eigenvalue weighted by Crippen LogP contribution is -2.48. The predicted molar refractivity (Wildman–Crippen MR) is 108 cm³/mol. The third kappa shape index (κ3) is 3.94. The largest absolute Gasteiger partial charge is 0.340 e. The molecule has 0 aromatic carbocycles. The zero-order valence-corrected chi connectivity index (χ0v) is 17.0. The topological polar surface area (TPSA) is 69.3 Å². The van der Waals surface area contributed by atoms with Crippen molar-refractivity contribution >= 4 is 27.5 Å². The Morgan fingerprint density at radius 1 is 1.19 bits per heavy atom. The standard InChI is InChI=1S/C20H28N4O2S/c1-13-14(2)27-20-18(13)19(26)21-16(22-20)12-23-7-9-24(10-8-23)17(25)11-15-5-3-4-6-15/h15H,3-12H2,1-2H3,(H,21,22,26). The van der Waals surface area contributed by atoms with Crippen LogP contribution in [0.3, 0.4) is 0 Å². The summed E-state index contributed by atoms with van der Waals surface area (Å²) in [6, 6.07) is 0. The van der Waals surface area contributed by atoms with Crippen molar-refractivity contribution < 1.29 is 4.79 Å². The van der Waals surface area contributed by atoms with Crippen molar-refractivity contribution in [2.45, 2.75) is 52.5 Å². The van der Waals surface area contributed by atoms with E-state index in [4.69, 9.17) is 0 Å². The van der Waals surface area contributed by atoms with Gasteiger partial charge in [0.15, 0.2) is 0 Å². The first kappa shape index (κ1) is 18.6. The molecule has 4 rings (SSSR count). The number of nitrogens with zero attached hydrogens (tertiary/aromatic N) is 3. The van der Waals surface area contributed by atoms with Crippen LogP contribution in [0.25, 0.3) is 10.2 Å². The maximum Gasteiger partial charge on any atom is 0.259 e. The minimum atomic E-state index is -0.0396. The summed E-state index contributed by atoms with van der Waals surface area (Å²) in [6.45, 7) is 7.85. The minimum absolute atomic E-state index is 0.0396. The van der Waals surface area contributed by atoms with Crippen molar-refractivity contribution in [3.05, 3.63) is 26.6 Å². The molecule has 1 aliphatic carbocycles. The molecular weight excluding hydrogens is 360 g/mol. The molecule has 0 bridgehead atoms. The van der Waals surface area contributed by atoms with Crippen LogP contribution in [0.4, 0.5) is 0 Å². The highest BCUT2D eigenvalue weighted by Crippen LogP contribution is 2.28. The number of aromatic nitrogens is 2. The first-order valence-corrected chi connectivity index (χ1v) is 10.8. The Bertz CT molecular complexity index is 889. The van der Waals surface area contributed by atoms with Crippen LogP contribution in [0.15, 0.2) is 4.79 Å². The highest BCUT2D eigenvalue weighted by atomic mass is 32.1. The van der Waals surface area contributed by atoms with E-state index < -0.39 is 0 Å². The van der Waals surface area contributed by atoms with Crippen molar-refractivity contribution in [3.8, 4) is 0 Å². The highest BCUT2D eigenvalue weighted by Gasteiger charge is 2.25. The summed E-state index contributed by atoms with van der Waals surface area (Å²) >= 11 is 1.59. The molecule has 0 atom stereocenters. The fourth-order valence-electron chi connectivity index (χ4n) is 4.33. The number of fused-ring (bicyclic) bond motifs is 1. The van der Waals surface area contributed by atoms with Gasteiger partial charge >= 0.3 is 0 Å². The summed E-state index contributed by atoms with van der Waals surface area (Å²) in [4.78, 5) is 38.8. The number of hydrogen-bond donors (Lipinski definition) is 1. The van der Waals surface area contributed by atoms with E-state index in [0.29, 0.717) is 18.4 Å². The van der Waals surface area contributed by atoms with Crippen LogP contribution in [0.5, 0.6) is 0 Å². The molecule has 146 valence electrons. The monoisotopic (exact) mass is 388 g/mol. The second-order valence-corrected chi connectivity index (χ2v) is 9.19. The van der Waals surface area contributed by atoms with E-state index in [0.717, 1.165) is 59.1 Å². The molecule has 7 heteroatoms. The number of amides is 1. The average Bonchev–Trinajstić information content (AvgIpc) is 3.24. The number of carbonyl (C=O) groups is 1. The van der Waals surface area contributed by atoms with Gasteiger partial charge in [0.05, 0.1) is 11.9 Å². The van der Waals surface area contributed by atoms with Gasteiger partial charge < -0.3 is 9.88 Å². The number of aryl methyl sites for hydroxylation is 2. The Hall–Kier alpha value is -1.73. The van der Waals surface area contributed by atoms with Crippen LogP contribution in [0, 0.1) is 19.8 Å². The molecule has 3 heterocycles. The number of piperazine rings is 1. The lowest BCUT2D eigenvalue weighted by molar-refractivity contribution is -0.134. The summed E-state index contributed by atoms with van der Waals surface area (Å²) in [5, 5.41) is 0.726. The fraction of sp³-hybridized carbons (Fsp3) is 0.650. The van der Waals surface area contributed by atoms with E-state index in [9.17, 15) is 9.59 Å². The van der Waals surface area contributed by atoms with Crippen molar-refractivity contribution in [1.29, 1.82) is 0 Å². The molecule has 27 heavy (non-hydrogen) atoms. The summed E-state index contributed by atoms with van der Waals surface area (Å²) in [6.07, 6.45) is 5.72. The molecule has 1 aliphatic heterocycles. The molecule has 2 fully saturated rings. The number of thiophene rings is 1. The number of hydrogen-bond acceptors (Lipinski definition) is 5. The molecule has 2 aliphatic rings. The third-order valence-electron chi connectivity index (χ3n) is 6.12. The maximum absolute atomic E-state index is 12.5. The highest BCUT2D eigenvalue weighted by molar-refractivity contribution is 7.18. The minimum Gasteiger partial charge on any atom is -0.340 e. The number of nitrogens with one attached hydrogen (secondary N) is 1. The zero-order valence-electron chi connectivity index (χ0n) is 16.2. The van der Waals surface area contributed by atoms with Crippen LogP contribution in [-0.2, 0) is 11.3 Å². The van der Waals surface area contributed by atoms with Crippen LogP contribution in [0.2, 0.25) is 0 Å². The molecule has 1 saturated carbocycles. The summed E-state index contributed by atoms with van der Waals surface area (Å²) in [5.41, 5.74) is 0.993. The fourth-order valence-corrected chi connectivity index (χ4v) is 5.38. The first-order chi connectivity index (χ1) is 13.0. The van der Waals surface area contributed by atoms with Gasteiger partial charge in [0.25, 0.3) is 5.56 Å². The molecule has 2 aromatic heterocycles. The van der Waals surface area contributed by atoms with Gasteiger partial charge in [-0.2, -0.15) is 0 Å². The molecule has 2 aromatic rings. The Kier molecular flexibility index (Phi) is 5.32. The Morgan fingerprint density at radius 2 is 1.89 bits per heavy atom. The van der Waals surface area contributed by atoms with Gasteiger partial charge in [0.2, 0.25) is 5.91 Å². The van der Waals surface area contributed by atoms with Crippen molar-refractivity contribution in [2.24, 2.45) is 5.92 Å². The van der Waals surface area contributed by atoms with E-state index >= 15 is 0 Å². The lowest BCUT2D eigenvalue weighted by atomic mass is 10.0. The second-order valence-electron chi connectivity index (χ2n) is 7.99. The average molecular weight is 389 g/mol. The predicted octanol–water partition coefficient (Wildman–Crippen LogP) is 2.83. The molecule has 1 saturated heterocycles. The molecule has 1 N–H and O–H groups in total. The Morgan fingerprint density at radius 3 is 2.59 bits per heavy atom. The van der Waals surface area contributed by atoms with Crippen molar-refractivity contribution in [2.75, 3.05) is 26.2 Å². The van der Waals surface area contributed by atoms with Crippen molar-refractivity contribution in [3.63, 3.8) is 0 Å². The van der Waals surface area contributed by atoms with Gasteiger partial charge in [0, 0.05) is 37.5 Å². The lowest BCUT2D eigenvalue weighted by Gasteiger charge is -2.34. The van der Waals surface area contributed by atoms with Crippen LogP contribution in [-0.4, -0.2) is 51.9 Å². The van der Waals surface area contributed by atoms with Crippen LogP contribution < -0.4 is 5.56 Å². The molecule has 0 radical (unpaired) electrons. The quantitative estimate of drug-likeness (QED) is 0.874. The first-order valence-electron chi connectivity index (χ1n) is 10.0. The SMILES string of the molecule is Cc1sc2nc(CN3CCN(C(=O)CC4CCCC4)CC3)[nH]c(=O)c2c1C. The molecule has 1 amide bonds. The van der Waals surface area contributed by atoms with Crippen LogP contribution in [0.1, 0.15) is 48.4 Å². The zero-order chi connectivity index (χ0) is 19.0. The number of H-pyrrole nitrogens is 1. The second kappa shape index (κ2) is 7.72. The Labute approximate surface area is 163 Å². The number of carbonyl (C=O) groups excluding carboxylic acids is 1. The number of rotatable bonds is 4. The van der Waals surface area contributed by atoms with Gasteiger partial charge in [-0.15, -0.1) is 11.3 Å². The van der Waals surface area contributed by atoms with E-state index in [1.54, 1.807) is 11.3 Å². The molecule has 6 nitrogen and oxygen atoms in total. The van der Waals surface area contributed by atoms with Gasteiger partial charge in [-0.3, -0.25) is 14.5 Å². The van der Waals surface area contributed by atoms with Gasteiger partial charge in [0.1, 0.15) is 10.7 Å². The van der Waals surface area contributed by atoms with E-state index in [2.05, 4.69) is 14.9 Å². The van der Waals surface area contributed by atoms with Crippen LogP contribution >= 0.6 is 11.3 Å². The Balaban J connectivity index is 1.35. The summed E-state index contributed by atoms with van der Waals surface area (Å²) < 4.78 is 0. The van der Waals surface area contributed by atoms with Gasteiger partial charge in [-0.05, 0) is 38.2 Å². The van der Waals surface area contributed by atoms with E-state index in [1.165, 1.54) is 25.7 Å².